The smallest absolute Gasteiger partial charge is 0.475 e. The number of nitrogens with one attached hydrogen (secondary N) is 3. The highest BCUT2D eigenvalue weighted by Gasteiger charge is 2.58. The van der Waals surface area contributed by atoms with E-state index in [2.05, 4.69) is 61.0 Å². The molecule has 4 aromatic carbocycles. The van der Waals surface area contributed by atoms with Crippen LogP contribution in [0.15, 0.2) is 84.9 Å². The zero-order valence-corrected chi connectivity index (χ0v) is 39.4. The largest absolute Gasteiger partial charge is 0.490 e. The Kier molecular flexibility index (Phi) is 13.3. The average Bonchev–Trinajstić information content (AvgIpc) is 3.63. The number of amides is 4. The number of carbonyl (C=O) groups excluding carboxylic acids is 4. The molecule has 2 saturated carbocycles. The van der Waals surface area contributed by atoms with Gasteiger partial charge in [0.05, 0.1) is 17.4 Å². The molecule has 0 heterocycles. The number of nitrogen functional groups attached to an aromatic ring is 1. The fraction of sp³-hybridized carbons (Fsp3) is 0.463. The SMILES string of the molecule is C[C@]1(C(=O)NC(=O)[C@@]2(C)CCC[C@]3(C)c4cc(NC(=O)[C@H](CO)NC(=O)OCC5c6ccccc6-c6ccccc65)ccc4CC[C@@H]23)CCC[C@]2(C)c3cc(N)ccc3CC[C@@H]12.O=C(O)C(F)(F)F. The van der Waals surface area contributed by atoms with Crippen LogP contribution in [-0.4, -0.2) is 65.4 Å². The first-order valence-electron chi connectivity index (χ1n) is 23.9. The number of aliphatic carboxylic acids is 1. The summed E-state index contributed by atoms with van der Waals surface area (Å²) >= 11 is 0. The predicted molar refractivity (Wildman–Crippen MR) is 254 cm³/mol. The molecule has 0 radical (unpaired) electrons. The van der Waals surface area contributed by atoms with Crippen molar-refractivity contribution in [2.45, 2.75) is 121 Å². The maximum atomic E-state index is 14.7. The Morgan fingerprint density at radius 1 is 0.739 bits per heavy atom. The Balaban J connectivity index is 0.000000853. The fourth-order valence-corrected chi connectivity index (χ4v) is 13.2. The summed E-state index contributed by atoms with van der Waals surface area (Å²) in [4.78, 5) is 64.8. The van der Waals surface area contributed by atoms with Crippen molar-refractivity contribution in [3.8, 4) is 11.1 Å². The molecule has 0 bridgehead atoms. The van der Waals surface area contributed by atoms with Gasteiger partial charge in [-0.1, -0.05) is 101 Å². The molecule has 7 N–H and O–H groups in total. The quantitative estimate of drug-likeness (QED) is 0.0737. The number of fused-ring (bicyclic) bond motifs is 9. The lowest BCUT2D eigenvalue weighted by molar-refractivity contribution is -0.192. The van der Waals surface area contributed by atoms with Crippen LogP contribution in [0.4, 0.5) is 29.3 Å². The number of alkyl carbamates (subject to hydrolysis) is 1. The number of aliphatic hydroxyl groups is 1. The van der Waals surface area contributed by atoms with E-state index in [0.717, 1.165) is 91.3 Å². The van der Waals surface area contributed by atoms with E-state index in [1.807, 2.05) is 67.6 Å². The van der Waals surface area contributed by atoms with Crippen molar-refractivity contribution < 1.29 is 52.1 Å². The number of ether oxygens (including phenoxy) is 1. The molecule has 15 heteroatoms. The minimum atomic E-state index is -5.08. The number of hydrogen-bond donors (Lipinski definition) is 6. The van der Waals surface area contributed by atoms with E-state index in [1.54, 1.807) is 0 Å². The fourth-order valence-electron chi connectivity index (χ4n) is 13.2. The first kappa shape index (κ1) is 49.2. The van der Waals surface area contributed by atoms with Gasteiger partial charge in [-0.3, -0.25) is 19.7 Å². The molecule has 69 heavy (non-hydrogen) atoms. The lowest BCUT2D eigenvalue weighted by atomic mass is 9.49. The molecule has 4 amide bonds. The van der Waals surface area contributed by atoms with Gasteiger partial charge in [0, 0.05) is 17.3 Å². The minimum absolute atomic E-state index is 0.0376. The third-order valence-corrected chi connectivity index (χ3v) is 16.6. The molecule has 0 saturated heterocycles. The molecule has 9 rings (SSSR count). The van der Waals surface area contributed by atoms with E-state index < -0.39 is 53.0 Å². The van der Waals surface area contributed by atoms with E-state index in [9.17, 15) is 37.5 Å². The summed E-state index contributed by atoms with van der Waals surface area (Å²) in [5.74, 6) is -3.77. The van der Waals surface area contributed by atoms with Crippen molar-refractivity contribution in [3.05, 3.63) is 118 Å². The van der Waals surface area contributed by atoms with Gasteiger partial charge in [0.25, 0.3) is 0 Å². The van der Waals surface area contributed by atoms with Gasteiger partial charge < -0.3 is 31.3 Å². The summed E-state index contributed by atoms with van der Waals surface area (Å²) in [6.07, 6.45) is 2.47. The zero-order chi connectivity index (χ0) is 49.7. The van der Waals surface area contributed by atoms with Gasteiger partial charge >= 0.3 is 18.2 Å². The number of anilines is 2. The van der Waals surface area contributed by atoms with Gasteiger partial charge in [-0.15, -0.1) is 0 Å². The van der Waals surface area contributed by atoms with Crippen LogP contribution >= 0.6 is 0 Å². The van der Waals surface area contributed by atoms with E-state index >= 15 is 0 Å². The highest BCUT2D eigenvalue weighted by molar-refractivity contribution is 6.01. The topological polar surface area (TPSA) is 197 Å². The number of benzene rings is 4. The van der Waals surface area contributed by atoms with E-state index in [-0.39, 0.29) is 41.6 Å². The number of alkyl halides is 3. The third kappa shape index (κ3) is 8.98. The Bertz CT molecular complexity index is 2650. The van der Waals surface area contributed by atoms with Crippen molar-refractivity contribution >= 4 is 41.2 Å². The molecule has 7 atom stereocenters. The lowest BCUT2D eigenvalue weighted by Crippen LogP contribution is -2.60. The molecular weight excluding hydrogens is 890 g/mol. The summed E-state index contributed by atoms with van der Waals surface area (Å²) in [5.41, 5.74) is 14.7. The molecule has 0 unspecified atom stereocenters. The summed E-state index contributed by atoms with van der Waals surface area (Å²) in [6, 6.07) is 27.0. The number of hydrogen-bond acceptors (Lipinski definition) is 8. The third-order valence-electron chi connectivity index (χ3n) is 16.6. The summed E-state index contributed by atoms with van der Waals surface area (Å²) in [5, 5.41) is 25.9. The Hall–Kier alpha value is -6.22. The van der Waals surface area contributed by atoms with Crippen LogP contribution in [0, 0.1) is 22.7 Å². The molecule has 0 spiro atoms. The highest BCUT2D eigenvalue weighted by atomic mass is 19.4. The summed E-state index contributed by atoms with van der Waals surface area (Å²) in [6.45, 7) is 8.10. The zero-order valence-electron chi connectivity index (χ0n) is 39.4. The molecular formula is C54H61F3N4O8. The molecule has 4 aromatic rings. The maximum Gasteiger partial charge on any atom is 0.490 e. The van der Waals surface area contributed by atoms with Gasteiger partial charge in [0.1, 0.15) is 12.6 Å². The lowest BCUT2D eigenvalue weighted by Gasteiger charge is -2.56. The Morgan fingerprint density at radius 2 is 1.23 bits per heavy atom. The Morgan fingerprint density at radius 3 is 1.74 bits per heavy atom. The average molecular weight is 951 g/mol. The van der Waals surface area contributed by atoms with Crippen molar-refractivity contribution in [1.29, 1.82) is 0 Å². The molecule has 5 aliphatic carbocycles. The van der Waals surface area contributed by atoms with Crippen molar-refractivity contribution in [2.24, 2.45) is 22.7 Å². The van der Waals surface area contributed by atoms with Crippen molar-refractivity contribution in [1.82, 2.24) is 10.6 Å². The first-order valence-corrected chi connectivity index (χ1v) is 23.9. The molecule has 0 aliphatic heterocycles. The van der Waals surface area contributed by atoms with Crippen LogP contribution in [0.3, 0.4) is 0 Å². The molecule has 366 valence electrons. The van der Waals surface area contributed by atoms with Crippen molar-refractivity contribution in [3.63, 3.8) is 0 Å². The van der Waals surface area contributed by atoms with Gasteiger partial charge in [-0.05, 0) is 143 Å². The number of imide groups is 1. The summed E-state index contributed by atoms with van der Waals surface area (Å²) in [7, 11) is 0. The molecule has 5 aliphatic rings. The second kappa shape index (κ2) is 18.6. The van der Waals surface area contributed by atoms with Gasteiger partial charge in [-0.2, -0.15) is 13.2 Å². The van der Waals surface area contributed by atoms with Crippen LogP contribution < -0.4 is 21.7 Å². The summed E-state index contributed by atoms with van der Waals surface area (Å²) < 4.78 is 37.4. The standard InChI is InChI=1S/C52H60N4O6.C2HF3O2/c1-49-23-9-25-51(3,43(49)21-17-31-15-19-33(53)27-40(31)49)46(59)56-47(60)52(4)26-10-24-50(2)41-28-34(20-16-32(41)18-22-44(50)52)54-45(58)42(29-57)55-48(61)62-30-39-37-13-7-5-11-35(37)36-12-6-8-14-38(36)39;3-2(4,5)1(6)7/h5-8,11-16,19-20,27-28,39,42-44,57H,9-10,17-18,21-26,29-30,53H2,1-4H3,(H,54,58)(H,55,61)(H,56,59,60);(H,6,7)/t42-,43+,44+,49+,50+,51-,52-;/m0./s1. The number of nitrogens with two attached hydrogens (primary N) is 1. The number of carbonyl (C=O) groups is 5. The first-order chi connectivity index (χ1) is 32.6. The second-order valence-electron chi connectivity index (χ2n) is 20.6. The van der Waals surface area contributed by atoms with E-state index in [0.29, 0.717) is 12.1 Å². The highest BCUT2D eigenvalue weighted by Crippen LogP contribution is 2.60. The minimum Gasteiger partial charge on any atom is -0.475 e. The molecule has 0 aromatic heterocycles. The number of aryl methyl sites for hydroxylation is 2. The van der Waals surface area contributed by atoms with Crippen LogP contribution in [0.2, 0.25) is 0 Å². The number of carboxylic acid groups (broad SMARTS) is 1. The molecule has 2 fully saturated rings. The van der Waals surface area contributed by atoms with Crippen LogP contribution in [0.1, 0.15) is 118 Å². The Labute approximate surface area is 400 Å². The van der Waals surface area contributed by atoms with Gasteiger partial charge in [0.15, 0.2) is 0 Å². The van der Waals surface area contributed by atoms with E-state index in [1.165, 1.54) is 16.7 Å². The maximum absolute atomic E-state index is 14.7. The monoisotopic (exact) mass is 950 g/mol. The number of aliphatic hydroxyl groups excluding tert-OH is 1. The van der Waals surface area contributed by atoms with Gasteiger partial charge in [-0.25, -0.2) is 9.59 Å². The molecule has 12 nitrogen and oxygen atoms in total. The number of carboxylic acids is 1. The second-order valence-corrected chi connectivity index (χ2v) is 20.6. The normalized spacial score (nSPS) is 26.9. The number of halogens is 3. The van der Waals surface area contributed by atoms with Crippen molar-refractivity contribution in [2.75, 3.05) is 24.3 Å². The van der Waals surface area contributed by atoms with Crippen LogP contribution in [0.25, 0.3) is 11.1 Å². The van der Waals surface area contributed by atoms with E-state index in [4.69, 9.17) is 20.4 Å². The number of rotatable bonds is 8. The predicted octanol–water partition coefficient (Wildman–Crippen LogP) is 9.10. The van der Waals surface area contributed by atoms with Crippen LogP contribution in [-0.2, 0) is 47.6 Å². The van der Waals surface area contributed by atoms with Gasteiger partial charge in [0.2, 0.25) is 17.7 Å². The van der Waals surface area contributed by atoms with Crippen LogP contribution in [0.5, 0.6) is 0 Å².